The highest BCUT2D eigenvalue weighted by Gasteiger charge is 2.50. The van der Waals surface area contributed by atoms with Crippen LogP contribution in [0.1, 0.15) is 43.5 Å². The topological polar surface area (TPSA) is 69.4 Å². The Hall–Kier alpha value is -2.17. The molecule has 23 heavy (non-hydrogen) atoms. The predicted molar refractivity (Wildman–Crippen MR) is 86.1 cm³/mol. The van der Waals surface area contributed by atoms with Crippen molar-refractivity contribution in [2.24, 2.45) is 17.3 Å². The lowest BCUT2D eigenvalue weighted by Gasteiger charge is -2.56. The summed E-state index contributed by atoms with van der Waals surface area (Å²) in [6.07, 6.45) is 5.48. The van der Waals surface area contributed by atoms with Gasteiger partial charge in [-0.05, 0) is 42.2 Å². The second-order valence-corrected chi connectivity index (χ2v) is 7.01. The number of allylic oxidation sites excluding steroid dienone is 1. The smallest absolute Gasteiger partial charge is 0.338 e. The lowest BCUT2D eigenvalue weighted by Crippen LogP contribution is -2.48. The highest BCUT2D eigenvalue weighted by molar-refractivity contribution is 5.89. The molecule has 2 atom stereocenters. The Balaban J connectivity index is 1.52. The van der Waals surface area contributed by atoms with E-state index in [-0.39, 0.29) is 5.69 Å². The molecular formula is C18H21NO4. The SMILES string of the molecule is CC1(C)[C@H]2CC=C(CCOC(=O)c3ccc([N+](=O)[O-])cc3)[C@H]1C2. The maximum absolute atomic E-state index is 12.0. The zero-order valence-corrected chi connectivity index (χ0v) is 13.5. The zero-order chi connectivity index (χ0) is 16.6. The molecule has 3 aliphatic rings. The van der Waals surface area contributed by atoms with Gasteiger partial charge in [-0.3, -0.25) is 10.1 Å². The Labute approximate surface area is 135 Å². The number of benzene rings is 1. The normalized spacial score (nSPS) is 24.3. The molecule has 5 heteroatoms. The van der Waals surface area contributed by atoms with E-state index < -0.39 is 10.9 Å². The fraction of sp³-hybridized carbons (Fsp3) is 0.500. The summed E-state index contributed by atoms with van der Waals surface area (Å²) >= 11 is 0. The van der Waals surface area contributed by atoms with Gasteiger partial charge in [-0.1, -0.05) is 25.5 Å². The van der Waals surface area contributed by atoms with Crippen molar-refractivity contribution in [3.63, 3.8) is 0 Å². The number of fused-ring (bicyclic) bond motifs is 1. The number of carbonyl (C=O) groups excluding carboxylic acids is 1. The molecule has 0 heterocycles. The van der Waals surface area contributed by atoms with Crippen LogP contribution in [0.5, 0.6) is 0 Å². The van der Waals surface area contributed by atoms with Crippen LogP contribution in [0.2, 0.25) is 0 Å². The molecule has 1 aromatic carbocycles. The van der Waals surface area contributed by atoms with E-state index in [2.05, 4.69) is 19.9 Å². The Bertz CT molecular complexity index is 660. The number of nitrogens with zero attached hydrogens (tertiary/aromatic N) is 1. The number of nitro groups is 1. The van der Waals surface area contributed by atoms with Crippen LogP contribution in [-0.2, 0) is 4.74 Å². The molecule has 122 valence electrons. The second kappa shape index (κ2) is 5.80. The number of ether oxygens (including phenoxy) is 1. The van der Waals surface area contributed by atoms with Crippen LogP contribution in [0.15, 0.2) is 35.9 Å². The van der Waals surface area contributed by atoms with Gasteiger partial charge in [-0.15, -0.1) is 0 Å². The average molecular weight is 315 g/mol. The van der Waals surface area contributed by atoms with Crippen molar-refractivity contribution in [2.45, 2.75) is 33.1 Å². The van der Waals surface area contributed by atoms with E-state index >= 15 is 0 Å². The third-order valence-electron chi connectivity index (χ3n) is 5.52. The molecule has 0 radical (unpaired) electrons. The number of nitro benzene ring substituents is 1. The van der Waals surface area contributed by atoms with Gasteiger partial charge in [0.25, 0.3) is 5.69 Å². The van der Waals surface area contributed by atoms with Crippen LogP contribution in [0, 0.1) is 27.4 Å². The number of rotatable bonds is 5. The van der Waals surface area contributed by atoms with Gasteiger partial charge in [-0.2, -0.15) is 0 Å². The highest BCUT2D eigenvalue weighted by Crippen LogP contribution is 2.59. The number of esters is 1. The molecule has 0 unspecified atom stereocenters. The lowest BCUT2D eigenvalue weighted by atomic mass is 9.48. The Kier molecular flexibility index (Phi) is 3.96. The molecular weight excluding hydrogens is 294 g/mol. The van der Waals surface area contributed by atoms with Gasteiger partial charge in [0.15, 0.2) is 0 Å². The molecule has 5 nitrogen and oxygen atoms in total. The quantitative estimate of drug-likeness (QED) is 0.354. The van der Waals surface area contributed by atoms with Crippen molar-refractivity contribution in [3.8, 4) is 0 Å². The van der Waals surface area contributed by atoms with Crippen molar-refractivity contribution < 1.29 is 14.5 Å². The van der Waals surface area contributed by atoms with Gasteiger partial charge in [0.1, 0.15) is 0 Å². The van der Waals surface area contributed by atoms with Crippen molar-refractivity contribution in [1.82, 2.24) is 0 Å². The van der Waals surface area contributed by atoms with E-state index in [0.29, 0.717) is 23.5 Å². The fourth-order valence-electron chi connectivity index (χ4n) is 3.82. The molecule has 0 aliphatic heterocycles. The van der Waals surface area contributed by atoms with Crippen LogP contribution in [0.4, 0.5) is 5.69 Å². The molecule has 1 aromatic rings. The van der Waals surface area contributed by atoms with E-state index in [9.17, 15) is 14.9 Å². The molecule has 0 N–H and O–H groups in total. The maximum atomic E-state index is 12.0. The fourth-order valence-corrected chi connectivity index (χ4v) is 3.82. The molecule has 0 saturated heterocycles. The van der Waals surface area contributed by atoms with Gasteiger partial charge in [0, 0.05) is 18.6 Å². The largest absolute Gasteiger partial charge is 0.462 e. The molecule has 4 rings (SSSR count). The van der Waals surface area contributed by atoms with Crippen molar-refractivity contribution >= 4 is 11.7 Å². The predicted octanol–water partition coefficient (Wildman–Crippen LogP) is 4.13. The minimum Gasteiger partial charge on any atom is -0.462 e. The number of hydrogen-bond donors (Lipinski definition) is 0. The lowest BCUT2D eigenvalue weighted by molar-refractivity contribution is -0.384. The average Bonchev–Trinajstić information content (AvgIpc) is 2.54. The van der Waals surface area contributed by atoms with Gasteiger partial charge in [0.05, 0.1) is 17.1 Å². The molecule has 1 saturated carbocycles. The van der Waals surface area contributed by atoms with E-state index in [1.165, 1.54) is 36.3 Å². The first-order valence-electron chi connectivity index (χ1n) is 8.00. The summed E-state index contributed by atoms with van der Waals surface area (Å²) in [5.41, 5.74) is 2.11. The van der Waals surface area contributed by atoms with Crippen LogP contribution in [0.25, 0.3) is 0 Å². The summed E-state index contributed by atoms with van der Waals surface area (Å²) < 4.78 is 5.32. The molecule has 0 aromatic heterocycles. The first kappa shape index (κ1) is 15.7. The van der Waals surface area contributed by atoms with Crippen molar-refractivity contribution in [3.05, 3.63) is 51.6 Å². The minimum absolute atomic E-state index is 0.0318. The van der Waals surface area contributed by atoms with Gasteiger partial charge in [-0.25, -0.2) is 4.79 Å². The summed E-state index contributed by atoms with van der Waals surface area (Å²) in [6, 6.07) is 5.49. The van der Waals surface area contributed by atoms with E-state index in [4.69, 9.17) is 4.74 Å². The molecule has 2 bridgehead atoms. The van der Waals surface area contributed by atoms with Gasteiger partial charge >= 0.3 is 5.97 Å². The third kappa shape index (κ3) is 2.87. The summed E-state index contributed by atoms with van der Waals surface area (Å²) in [7, 11) is 0. The Morgan fingerprint density at radius 2 is 2.04 bits per heavy atom. The van der Waals surface area contributed by atoms with E-state index in [1.807, 2.05) is 0 Å². The number of carbonyl (C=O) groups is 1. The Morgan fingerprint density at radius 3 is 2.61 bits per heavy atom. The number of non-ortho nitro benzene ring substituents is 1. The van der Waals surface area contributed by atoms with E-state index in [1.54, 1.807) is 0 Å². The third-order valence-corrected chi connectivity index (χ3v) is 5.52. The molecule has 0 amide bonds. The van der Waals surface area contributed by atoms with Crippen molar-refractivity contribution in [1.29, 1.82) is 0 Å². The first-order valence-corrected chi connectivity index (χ1v) is 8.00. The van der Waals surface area contributed by atoms with Gasteiger partial charge in [0.2, 0.25) is 0 Å². The molecule has 0 spiro atoms. The molecule has 1 fully saturated rings. The first-order chi connectivity index (χ1) is 10.9. The maximum Gasteiger partial charge on any atom is 0.338 e. The van der Waals surface area contributed by atoms with Crippen LogP contribution in [0.3, 0.4) is 0 Å². The highest BCUT2D eigenvalue weighted by atomic mass is 16.6. The van der Waals surface area contributed by atoms with Crippen molar-refractivity contribution in [2.75, 3.05) is 6.61 Å². The molecule has 3 aliphatic carbocycles. The zero-order valence-electron chi connectivity index (χ0n) is 13.5. The van der Waals surface area contributed by atoms with Crippen LogP contribution < -0.4 is 0 Å². The minimum atomic E-state index is -0.488. The monoisotopic (exact) mass is 315 g/mol. The van der Waals surface area contributed by atoms with Crippen LogP contribution in [-0.4, -0.2) is 17.5 Å². The Morgan fingerprint density at radius 1 is 1.35 bits per heavy atom. The summed E-state index contributed by atoms with van der Waals surface area (Å²) in [5, 5.41) is 10.6. The standard InChI is InChI=1S/C18H21NO4/c1-18(2)14-6-3-12(16(18)11-14)9-10-23-17(20)13-4-7-15(8-5-13)19(21)22/h3-5,7-8,14,16H,6,9-11H2,1-2H3/t14-,16+/m0/s1. The van der Waals surface area contributed by atoms with Crippen LogP contribution >= 0.6 is 0 Å². The second-order valence-electron chi connectivity index (χ2n) is 7.01. The number of hydrogen-bond acceptors (Lipinski definition) is 4. The summed E-state index contributed by atoms with van der Waals surface area (Å²) in [4.78, 5) is 22.1. The summed E-state index contributed by atoms with van der Waals surface area (Å²) in [6.45, 7) is 5.00. The van der Waals surface area contributed by atoms with Gasteiger partial charge < -0.3 is 4.74 Å². The van der Waals surface area contributed by atoms with E-state index in [0.717, 1.165) is 18.8 Å². The summed E-state index contributed by atoms with van der Waals surface area (Å²) in [5.74, 6) is 1.00.